The van der Waals surface area contributed by atoms with Gasteiger partial charge in [-0.05, 0) is 68.7 Å². The molecule has 5 rings (SSSR count). The van der Waals surface area contributed by atoms with Crippen molar-refractivity contribution in [3.63, 3.8) is 0 Å². The van der Waals surface area contributed by atoms with Crippen molar-refractivity contribution in [3.8, 4) is 0 Å². The van der Waals surface area contributed by atoms with Crippen molar-refractivity contribution in [2.75, 3.05) is 48.3 Å². The maximum Gasteiger partial charge on any atom is 0.127 e. The molecule has 1 fully saturated rings. The third-order valence-corrected chi connectivity index (χ3v) is 7.58. The number of piperazine rings is 1. The first kappa shape index (κ1) is 24.6. The van der Waals surface area contributed by atoms with Crippen molar-refractivity contribution in [2.45, 2.75) is 39.4 Å². The Morgan fingerprint density at radius 2 is 1.92 bits per heavy atom. The van der Waals surface area contributed by atoms with Crippen molar-refractivity contribution >= 4 is 28.7 Å². The van der Waals surface area contributed by atoms with Crippen LogP contribution in [0.15, 0.2) is 72.2 Å². The van der Waals surface area contributed by atoms with E-state index in [1.165, 1.54) is 16.8 Å². The zero-order valence-electron chi connectivity index (χ0n) is 21.5. The van der Waals surface area contributed by atoms with E-state index in [0.717, 1.165) is 72.5 Å². The number of hydrogen-bond donors (Lipinski definition) is 4. The van der Waals surface area contributed by atoms with Crippen LogP contribution in [-0.4, -0.2) is 49.8 Å². The molecule has 0 amide bonds. The molecular weight excluding hydrogens is 468 g/mol. The van der Waals surface area contributed by atoms with Crippen LogP contribution in [-0.2, 0) is 6.42 Å². The van der Waals surface area contributed by atoms with Crippen molar-refractivity contribution in [2.24, 2.45) is 0 Å². The second kappa shape index (κ2) is 10.5. The van der Waals surface area contributed by atoms with Gasteiger partial charge in [-0.3, -0.25) is 4.90 Å². The minimum absolute atomic E-state index is 0.0645. The Labute approximate surface area is 220 Å². The van der Waals surface area contributed by atoms with Gasteiger partial charge in [-0.2, -0.15) is 0 Å². The summed E-state index contributed by atoms with van der Waals surface area (Å²) in [6, 6.07) is 13.3. The molecule has 0 bridgehead atoms. The van der Waals surface area contributed by atoms with Gasteiger partial charge in [0.1, 0.15) is 6.17 Å². The fraction of sp³-hybridized carbons (Fsp3) is 0.379. The molecule has 190 valence electrons. The summed E-state index contributed by atoms with van der Waals surface area (Å²) in [6.07, 6.45) is 4.85. The molecule has 1 unspecified atom stereocenters. The molecule has 7 heteroatoms. The van der Waals surface area contributed by atoms with Crippen LogP contribution in [0.2, 0.25) is 5.02 Å². The summed E-state index contributed by atoms with van der Waals surface area (Å²) in [5, 5.41) is 15.1. The van der Waals surface area contributed by atoms with Gasteiger partial charge in [0.2, 0.25) is 0 Å². The third-order valence-electron chi connectivity index (χ3n) is 7.35. The first-order chi connectivity index (χ1) is 17.4. The molecule has 6 nitrogen and oxygen atoms in total. The SMILES string of the molecule is C=C1NC=CC(NCCc2cccc(Cl)c2)=C1C1Nc2cc(N3CCN(C(C)C)CC3)cc(C)c2N1. The zero-order valence-corrected chi connectivity index (χ0v) is 22.3. The summed E-state index contributed by atoms with van der Waals surface area (Å²) >= 11 is 6.15. The van der Waals surface area contributed by atoms with Crippen LogP contribution in [0.5, 0.6) is 0 Å². The van der Waals surface area contributed by atoms with Gasteiger partial charge in [-0.1, -0.05) is 30.3 Å². The molecule has 3 aliphatic rings. The summed E-state index contributed by atoms with van der Waals surface area (Å²) in [7, 11) is 0. The second-order valence-electron chi connectivity index (χ2n) is 10.1. The molecule has 1 saturated heterocycles. The zero-order chi connectivity index (χ0) is 25.2. The smallest absolute Gasteiger partial charge is 0.127 e. The highest BCUT2D eigenvalue weighted by Gasteiger charge is 2.30. The van der Waals surface area contributed by atoms with Gasteiger partial charge >= 0.3 is 0 Å². The van der Waals surface area contributed by atoms with Gasteiger partial charge in [0.25, 0.3) is 0 Å². The topological polar surface area (TPSA) is 54.6 Å². The lowest BCUT2D eigenvalue weighted by Crippen LogP contribution is -2.48. The van der Waals surface area contributed by atoms with E-state index in [0.29, 0.717) is 6.04 Å². The summed E-state index contributed by atoms with van der Waals surface area (Å²) in [5.41, 5.74) is 9.14. The predicted octanol–water partition coefficient (Wildman–Crippen LogP) is 5.06. The Kier molecular flexibility index (Phi) is 7.17. The van der Waals surface area contributed by atoms with E-state index in [2.05, 4.69) is 82.7 Å². The predicted molar refractivity (Wildman–Crippen MR) is 153 cm³/mol. The lowest BCUT2D eigenvalue weighted by molar-refractivity contribution is 0.209. The average Bonchev–Trinajstić information content (AvgIpc) is 3.28. The van der Waals surface area contributed by atoms with Crippen LogP contribution in [0, 0.1) is 6.92 Å². The summed E-state index contributed by atoms with van der Waals surface area (Å²) < 4.78 is 0. The number of fused-ring (bicyclic) bond motifs is 1. The van der Waals surface area contributed by atoms with Crippen LogP contribution < -0.4 is 26.2 Å². The molecule has 3 aliphatic heterocycles. The Bertz CT molecular complexity index is 1190. The van der Waals surface area contributed by atoms with Crippen molar-refractivity contribution in [1.82, 2.24) is 15.5 Å². The molecule has 3 heterocycles. The number of nitrogens with zero attached hydrogens (tertiary/aromatic N) is 2. The third kappa shape index (κ3) is 5.20. The minimum Gasteiger partial charge on any atom is -0.384 e. The Balaban J connectivity index is 1.30. The highest BCUT2D eigenvalue weighted by molar-refractivity contribution is 6.30. The molecule has 2 aromatic carbocycles. The molecule has 2 aromatic rings. The molecule has 0 aliphatic carbocycles. The quantitative estimate of drug-likeness (QED) is 0.423. The number of hydrogen-bond acceptors (Lipinski definition) is 6. The van der Waals surface area contributed by atoms with Crippen molar-refractivity contribution < 1.29 is 0 Å². The number of rotatable bonds is 7. The molecule has 4 N–H and O–H groups in total. The fourth-order valence-electron chi connectivity index (χ4n) is 5.31. The molecule has 1 atom stereocenters. The normalized spacial score (nSPS) is 19.8. The van der Waals surface area contributed by atoms with E-state index in [-0.39, 0.29) is 6.17 Å². The number of allylic oxidation sites excluding steroid dienone is 1. The van der Waals surface area contributed by atoms with E-state index in [4.69, 9.17) is 11.6 Å². The number of anilines is 3. The maximum atomic E-state index is 6.15. The highest BCUT2D eigenvalue weighted by atomic mass is 35.5. The highest BCUT2D eigenvalue weighted by Crippen LogP contribution is 2.39. The van der Waals surface area contributed by atoms with Gasteiger partial charge in [0.15, 0.2) is 0 Å². The van der Waals surface area contributed by atoms with Crippen molar-refractivity contribution in [1.29, 1.82) is 0 Å². The monoisotopic (exact) mass is 504 g/mol. The van der Waals surface area contributed by atoms with Crippen molar-refractivity contribution in [3.05, 3.63) is 88.4 Å². The summed E-state index contributed by atoms with van der Waals surface area (Å²) in [5.74, 6) is 0. The second-order valence-corrected chi connectivity index (χ2v) is 10.6. The number of dihydropyridines is 1. The average molecular weight is 505 g/mol. The Morgan fingerprint density at radius 1 is 1.11 bits per heavy atom. The standard InChI is InChI=1S/C29H37ClN6/c1-19(2)35-12-14-36(15-13-35)24-16-20(3)28-26(18-24)33-29(34-28)27-21(4)31-11-9-25(27)32-10-8-22-6-5-7-23(30)17-22/h5-7,9,11,16-19,29,31-34H,4,8,10,12-15H2,1-3H3. The number of aryl methyl sites for hydroxylation is 1. The number of nitrogens with one attached hydrogen (secondary N) is 4. The summed E-state index contributed by atoms with van der Waals surface area (Å²) in [6.45, 7) is 16.2. The molecule has 0 aromatic heterocycles. The lowest BCUT2D eigenvalue weighted by Gasteiger charge is -2.38. The maximum absolute atomic E-state index is 6.15. The van der Waals surface area contributed by atoms with E-state index in [9.17, 15) is 0 Å². The largest absolute Gasteiger partial charge is 0.384 e. The van der Waals surface area contributed by atoms with Gasteiger partial charge < -0.3 is 26.2 Å². The molecule has 0 saturated carbocycles. The van der Waals surface area contributed by atoms with E-state index in [1.54, 1.807) is 0 Å². The molecular formula is C29H37ClN6. The van der Waals surface area contributed by atoms with Crippen LogP contribution in [0.25, 0.3) is 0 Å². The first-order valence-electron chi connectivity index (χ1n) is 12.9. The van der Waals surface area contributed by atoms with Crippen LogP contribution in [0.1, 0.15) is 25.0 Å². The minimum atomic E-state index is -0.0645. The van der Waals surface area contributed by atoms with Gasteiger partial charge in [-0.15, -0.1) is 0 Å². The summed E-state index contributed by atoms with van der Waals surface area (Å²) in [4.78, 5) is 5.06. The van der Waals surface area contributed by atoms with Gasteiger partial charge in [0, 0.05) is 72.6 Å². The van der Waals surface area contributed by atoms with Gasteiger partial charge in [-0.25, -0.2) is 0 Å². The van der Waals surface area contributed by atoms with E-state index in [1.807, 2.05) is 24.4 Å². The fourth-order valence-corrected chi connectivity index (χ4v) is 5.52. The van der Waals surface area contributed by atoms with Gasteiger partial charge in [0.05, 0.1) is 11.4 Å². The number of benzene rings is 2. The van der Waals surface area contributed by atoms with E-state index < -0.39 is 0 Å². The molecule has 0 spiro atoms. The Hall–Kier alpha value is -3.09. The van der Waals surface area contributed by atoms with Crippen LogP contribution >= 0.6 is 11.6 Å². The first-order valence-corrected chi connectivity index (χ1v) is 13.3. The number of halogens is 1. The van der Waals surface area contributed by atoms with Crippen LogP contribution in [0.3, 0.4) is 0 Å². The Morgan fingerprint density at radius 3 is 2.67 bits per heavy atom. The molecule has 36 heavy (non-hydrogen) atoms. The lowest BCUT2D eigenvalue weighted by atomic mass is 10.0. The van der Waals surface area contributed by atoms with E-state index >= 15 is 0 Å². The molecule has 0 radical (unpaired) electrons. The van der Waals surface area contributed by atoms with Crippen LogP contribution in [0.4, 0.5) is 17.1 Å².